The lowest BCUT2D eigenvalue weighted by Gasteiger charge is -2.26. The minimum absolute atomic E-state index is 0.00224. The molecule has 20 heavy (non-hydrogen) atoms. The highest BCUT2D eigenvalue weighted by Crippen LogP contribution is 2.08. The van der Waals surface area contributed by atoms with E-state index in [0.29, 0.717) is 6.54 Å². The van der Waals surface area contributed by atoms with Gasteiger partial charge in [-0.1, -0.05) is 12.1 Å². The number of nitrogens with one attached hydrogen (secondary N) is 2. The van der Waals surface area contributed by atoms with Crippen LogP contribution in [0.25, 0.3) is 0 Å². The first-order valence-corrected chi connectivity index (χ1v) is 7.11. The van der Waals surface area contributed by atoms with E-state index < -0.39 is 0 Å². The molecule has 110 valence electrons. The molecule has 0 radical (unpaired) electrons. The van der Waals surface area contributed by atoms with Gasteiger partial charge in [-0.15, -0.1) is 0 Å². The molecular weight excluding hydrogens is 254 g/mol. The molecule has 5 heteroatoms. The second-order valence-corrected chi connectivity index (χ2v) is 5.05. The molecule has 0 unspecified atom stereocenters. The molecule has 1 aromatic rings. The van der Waals surface area contributed by atoms with Gasteiger partial charge in [0.2, 0.25) is 5.91 Å². The quantitative estimate of drug-likeness (QED) is 0.757. The van der Waals surface area contributed by atoms with Crippen molar-refractivity contribution in [1.29, 1.82) is 0 Å². The van der Waals surface area contributed by atoms with Gasteiger partial charge in [0.25, 0.3) is 0 Å². The van der Waals surface area contributed by atoms with Gasteiger partial charge >= 0.3 is 0 Å². The van der Waals surface area contributed by atoms with Gasteiger partial charge in [0.1, 0.15) is 0 Å². The highest BCUT2D eigenvalue weighted by molar-refractivity contribution is 5.92. The summed E-state index contributed by atoms with van der Waals surface area (Å²) >= 11 is 0. The molecule has 2 rings (SSSR count). The van der Waals surface area contributed by atoms with Crippen molar-refractivity contribution in [2.24, 2.45) is 0 Å². The standard InChI is InChI=1S/C15H23N3O2/c1-13-3-2-4-14(11-13)17-15(19)12-16-5-6-18-7-9-20-10-8-18/h2-4,11,16H,5-10,12H2,1H3,(H,17,19). The van der Waals surface area contributed by atoms with Crippen LogP contribution in [0.4, 0.5) is 5.69 Å². The molecule has 1 aromatic carbocycles. The van der Waals surface area contributed by atoms with E-state index >= 15 is 0 Å². The monoisotopic (exact) mass is 277 g/mol. The predicted octanol–water partition coefficient (Wildman–Crippen LogP) is 0.855. The first-order chi connectivity index (χ1) is 9.74. The van der Waals surface area contributed by atoms with E-state index in [1.54, 1.807) is 0 Å². The molecule has 1 fully saturated rings. The van der Waals surface area contributed by atoms with E-state index in [1.807, 2.05) is 31.2 Å². The Bertz CT molecular complexity index is 431. The summed E-state index contributed by atoms with van der Waals surface area (Å²) in [5, 5.41) is 6.06. The number of ether oxygens (including phenoxy) is 1. The Hall–Kier alpha value is -1.43. The van der Waals surface area contributed by atoms with Crippen LogP contribution in [0.1, 0.15) is 5.56 Å². The molecule has 1 amide bonds. The number of anilines is 1. The number of aryl methyl sites for hydroxylation is 1. The lowest BCUT2D eigenvalue weighted by atomic mass is 10.2. The molecule has 0 bridgehead atoms. The molecule has 0 spiro atoms. The lowest BCUT2D eigenvalue weighted by molar-refractivity contribution is -0.115. The maximum atomic E-state index is 11.8. The van der Waals surface area contributed by atoms with Crippen LogP contribution >= 0.6 is 0 Å². The minimum atomic E-state index is -0.00224. The maximum absolute atomic E-state index is 11.8. The van der Waals surface area contributed by atoms with Gasteiger partial charge in [-0.25, -0.2) is 0 Å². The highest BCUT2D eigenvalue weighted by Gasteiger charge is 2.09. The zero-order valence-corrected chi connectivity index (χ0v) is 12.0. The maximum Gasteiger partial charge on any atom is 0.238 e. The van der Waals surface area contributed by atoms with Crippen molar-refractivity contribution in [2.75, 3.05) is 51.3 Å². The normalized spacial score (nSPS) is 16.1. The number of amides is 1. The SMILES string of the molecule is Cc1cccc(NC(=O)CNCCN2CCOCC2)c1. The summed E-state index contributed by atoms with van der Waals surface area (Å²) < 4.78 is 5.29. The van der Waals surface area contributed by atoms with Gasteiger partial charge in [-0.3, -0.25) is 9.69 Å². The molecule has 1 aliphatic rings. The van der Waals surface area contributed by atoms with Crippen LogP contribution in [-0.4, -0.2) is 56.7 Å². The Morgan fingerprint density at radius 2 is 2.15 bits per heavy atom. The Balaban J connectivity index is 1.60. The fourth-order valence-corrected chi connectivity index (χ4v) is 2.19. The fraction of sp³-hybridized carbons (Fsp3) is 0.533. The smallest absolute Gasteiger partial charge is 0.238 e. The Morgan fingerprint density at radius 1 is 1.35 bits per heavy atom. The summed E-state index contributed by atoms with van der Waals surface area (Å²) in [4.78, 5) is 14.1. The molecular formula is C15H23N3O2. The van der Waals surface area contributed by atoms with Crippen LogP contribution in [0.5, 0.6) is 0 Å². The fourth-order valence-electron chi connectivity index (χ4n) is 2.19. The van der Waals surface area contributed by atoms with Gasteiger partial charge in [0.15, 0.2) is 0 Å². The average molecular weight is 277 g/mol. The van der Waals surface area contributed by atoms with Crippen molar-refractivity contribution in [1.82, 2.24) is 10.2 Å². The van der Waals surface area contributed by atoms with Crippen LogP contribution in [-0.2, 0) is 9.53 Å². The highest BCUT2D eigenvalue weighted by atomic mass is 16.5. The zero-order valence-electron chi connectivity index (χ0n) is 12.0. The molecule has 1 aliphatic heterocycles. The largest absolute Gasteiger partial charge is 0.379 e. The van der Waals surface area contributed by atoms with Crippen LogP contribution in [0.3, 0.4) is 0 Å². The number of hydrogen-bond acceptors (Lipinski definition) is 4. The molecule has 1 saturated heterocycles. The van der Waals surface area contributed by atoms with Crippen molar-refractivity contribution in [3.8, 4) is 0 Å². The van der Waals surface area contributed by atoms with Crippen molar-refractivity contribution in [2.45, 2.75) is 6.92 Å². The summed E-state index contributed by atoms with van der Waals surface area (Å²) in [7, 11) is 0. The van der Waals surface area contributed by atoms with Crippen LogP contribution in [0.2, 0.25) is 0 Å². The number of hydrogen-bond donors (Lipinski definition) is 2. The summed E-state index contributed by atoms with van der Waals surface area (Å²) in [5.74, 6) is -0.00224. The number of morpholine rings is 1. The van der Waals surface area contributed by atoms with Crippen molar-refractivity contribution in [3.05, 3.63) is 29.8 Å². The zero-order chi connectivity index (χ0) is 14.2. The van der Waals surface area contributed by atoms with Crippen LogP contribution in [0.15, 0.2) is 24.3 Å². The minimum Gasteiger partial charge on any atom is -0.379 e. The number of carbonyl (C=O) groups excluding carboxylic acids is 1. The predicted molar refractivity (Wildman–Crippen MR) is 79.9 cm³/mol. The first kappa shape index (κ1) is 15.0. The lowest BCUT2D eigenvalue weighted by Crippen LogP contribution is -2.41. The Morgan fingerprint density at radius 3 is 2.90 bits per heavy atom. The van der Waals surface area contributed by atoms with E-state index in [0.717, 1.165) is 50.6 Å². The summed E-state index contributed by atoms with van der Waals surface area (Å²) in [6.45, 7) is 7.73. The average Bonchev–Trinajstić information content (AvgIpc) is 2.45. The number of rotatable bonds is 6. The van der Waals surface area contributed by atoms with Crippen LogP contribution in [0, 0.1) is 6.92 Å². The molecule has 0 aromatic heterocycles. The Kier molecular flexibility index (Phi) is 5.98. The number of carbonyl (C=O) groups is 1. The summed E-state index contributed by atoms with van der Waals surface area (Å²) in [5.41, 5.74) is 1.99. The van der Waals surface area contributed by atoms with Crippen LogP contribution < -0.4 is 10.6 Å². The van der Waals surface area contributed by atoms with E-state index in [4.69, 9.17) is 4.74 Å². The molecule has 0 atom stereocenters. The Labute approximate surface area is 120 Å². The van der Waals surface area contributed by atoms with E-state index in [1.165, 1.54) is 0 Å². The van der Waals surface area contributed by atoms with Gasteiger partial charge in [0.05, 0.1) is 19.8 Å². The van der Waals surface area contributed by atoms with E-state index in [9.17, 15) is 4.79 Å². The topological polar surface area (TPSA) is 53.6 Å². The first-order valence-electron chi connectivity index (χ1n) is 7.11. The van der Waals surface area contributed by atoms with Gasteiger partial charge in [-0.2, -0.15) is 0 Å². The molecule has 0 saturated carbocycles. The van der Waals surface area contributed by atoms with E-state index in [-0.39, 0.29) is 5.91 Å². The third kappa shape index (κ3) is 5.28. The second-order valence-electron chi connectivity index (χ2n) is 5.05. The van der Waals surface area contributed by atoms with Gasteiger partial charge in [-0.05, 0) is 24.6 Å². The molecule has 0 aliphatic carbocycles. The van der Waals surface area contributed by atoms with E-state index in [2.05, 4.69) is 15.5 Å². The van der Waals surface area contributed by atoms with Gasteiger partial charge < -0.3 is 15.4 Å². The van der Waals surface area contributed by atoms with Crippen molar-refractivity contribution < 1.29 is 9.53 Å². The van der Waals surface area contributed by atoms with Crippen molar-refractivity contribution in [3.63, 3.8) is 0 Å². The number of benzene rings is 1. The molecule has 1 heterocycles. The second kappa shape index (κ2) is 7.99. The molecule has 2 N–H and O–H groups in total. The summed E-state index contributed by atoms with van der Waals surface area (Å²) in [6.07, 6.45) is 0. The summed E-state index contributed by atoms with van der Waals surface area (Å²) in [6, 6.07) is 7.82. The number of nitrogens with zero attached hydrogens (tertiary/aromatic N) is 1. The third-order valence-electron chi connectivity index (χ3n) is 3.30. The van der Waals surface area contributed by atoms with Gasteiger partial charge in [0, 0.05) is 31.9 Å². The van der Waals surface area contributed by atoms with Crippen molar-refractivity contribution >= 4 is 11.6 Å². The third-order valence-corrected chi connectivity index (χ3v) is 3.30. The molecule has 5 nitrogen and oxygen atoms in total.